The number of alkyl halides is 2. The van der Waals surface area contributed by atoms with Crippen LogP contribution in [0.25, 0.3) is 10.9 Å². The molecule has 1 N–H and O–H groups in total. The SMILES string of the molecule is Fc1ccccc1Cn1ncc2cnc(Nc3ccnc(OCC(F)F)n3)cc21. The fraction of sp³-hybridized carbons (Fsp3) is 0.158. The van der Waals surface area contributed by atoms with Crippen molar-refractivity contribution in [2.24, 2.45) is 0 Å². The first kappa shape index (κ1) is 18.7. The predicted octanol–water partition coefficient (Wildman–Crippen LogP) is 3.80. The third-order valence-corrected chi connectivity index (χ3v) is 4.03. The van der Waals surface area contributed by atoms with Crippen LogP contribution < -0.4 is 10.1 Å². The molecule has 1 aromatic carbocycles. The van der Waals surface area contributed by atoms with Crippen LogP contribution in [0.1, 0.15) is 5.56 Å². The van der Waals surface area contributed by atoms with Gasteiger partial charge in [0.1, 0.15) is 17.5 Å². The number of ether oxygens (including phenoxy) is 1. The molecule has 0 radical (unpaired) electrons. The monoisotopic (exact) mass is 400 g/mol. The van der Waals surface area contributed by atoms with Crippen LogP contribution in [0.3, 0.4) is 0 Å². The molecule has 4 rings (SSSR count). The second-order valence-electron chi connectivity index (χ2n) is 6.07. The fourth-order valence-corrected chi connectivity index (χ4v) is 2.70. The number of hydrogen-bond acceptors (Lipinski definition) is 6. The third-order valence-electron chi connectivity index (χ3n) is 4.03. The van der Waals surface area contributed by atoms with E-state index in [1.807, 2.05) is 0 Å². The van der Waals surface area contributed by atoms with Crippen LogP contribution in [0.2, 0.25) is 0 Å². The molecule has 4 aromatic rings. The molecule has 0 unspecified atom stereocenters. The Hall–Kier alpha value is -3.69. The molecule has 0 amide bonds. The van der Waals surface area contributed by atoms with E-state index in [1.165, 1.54) is 12.3 Å². The van der Waals surface area contributed by atoms with Crippen molar-refractivity contribution < 1.29 is 17.9 Å². The highest BCUT2D eigenvalue weighted by molar-refractivity contribution is 5.80. The van der Waals surface area contributed by atoms with Gasteiger partial charge in [-0.25, -0.2) is 23.1 Å². The van der Waals surface area contributed by atoms with Gasteiger partial charge in [-0.2, -0.15) is 10.1 Å². The Balaban J connectivity index is 1.56. The summed E-state index contributed by atoms with van der Waals surface area (Å²) in [6.45, 7) is -0.526. The van der Waals surface area contributed by atoms with Crippen LogP contribution >= 0.6 is 0 Å². The van der Waals surface area contributed by atoms with E-state index >= 15 is 0 Å². The number of fused-ring (bicyclic) bond motifs is 1. The van der Waals surface area contributed by atoms with Gasteiger partial charge in [-0.1, -0.05) is 18.2 Å². The summed E-state index contributed by atoms with van der Waals surface area (Å²) in [5, 5.41) is 8.06. The lowest BCUT2D eigenvalue weighted by Gasteiger charge is -2.08. The number of hydrogen-bond donors (Lipinski definition) is 1. The minimum atomic E-state index is -2.62. The number of aromatic nitrogens is 5. The molecule has 0 aliphatic carbocycles. The summed E-state index contributed by atoms with van der Waals surface area (Å²) in [7, 11) is 0. The zero-order chi connectivity index (χ0) is 20.2. The summed E-state index contributed by atoms with van der Waals surface area (Å²) in [5.74, 6) is 0.475. The Bertz CT molecular complexity index is 1130. The van der Waals surface area contributed by atoms with E-state index in [0.717, 1.165) is 10.9 Å². The van der Waals surface area contributed by atoms with Crippen molar-refractivity contribution in [1.29, 1.82) is 0 Å². The maximum absolute atomic E-state index is 14.0. The van der Waals surface area contributed by atoms with E-state index in [2.05, 4.69) is 25.4 Å². The molecule has 0 aliphatic heterocycles. The maximum Gasteiger partial charge on any atom is 0.318 e. The van der Waals surface area contributed by atoms with Gasteiger partial charge in [0, 0.05) is 29.4 Å². The highest BCUT2D eigenvalue weighted by atomic mass is 19.3. The first-order valence-electron chi connectivity index (χ1n) is 8.64. The summed E-state index contributed by atoms with van der Waals surface area (Å²) in [6.07, 6.45) is 2.04. The molecule has 0 aliphatic rings. The fourth-order valence-electron chi connectivity index (χ4n) is 2.70. The van der Waals surface area contributed by atoms with Gasteiger partial charge in [0.25, 0.3) is 6.43 Å². The Labute approximate surface area is 163 Å². The summed E-state index contributed by atoms with van der Waals surface area (Å²) in [5.41, 5.74) is 1.26. The van der Waals surface area contributed by atoms with Gasteiger partial charge in [0.05, 0.1) is 18.3 Å². The number of nitrogens with one attached hydrogen (secondary N) is 1. The minimum absolute atomic E-state index is 0.166. The van der Waals surface area contributed by atoms with Crippen molar-refractivity contribution in [3.8, 4) is 6.01 Å². The van der Waals surface area contributed by atoms with E-state index in [9.17, 15) is 13.2 Å². The average Bonchev–Trinajstić information content (AvgIpc) is 3.11. The average molecular weight is 400 g/mol. The van der Waals surface area contributed by atoms with Crippen LogP contribution in [0, 0.1) is 5.82 Å². The largest absolute Gasteiger partial charge is 0.457 e. The molecule has 148 valence electrons. The lowest BCUT2D eigenvalue weighted by Crippen LogP contribution is -2.09. The number of anilines is 2. The van der Waals surface area contributed by atoms with E-state index in [4.69, 9.17) is 4.74 Å². The Morgan fingerprint density at radius 3 is 2.76 bits per heavy atom. The number of rotatable bonds is 7. The molecule has 0 spiro atoms. The van der Waals surface area contributed by atoms with Crippen molar-refractivity contribution in [3.63, 3.8) is 0 Å². The Morgan fingerprint density at radius 1 is 1.07 bits per heavy atom. The Morgan fingerprint density at radius 2 is 1.93 bits per heavy atom. The van der Waals surface area contributed by atoms with Crippen molar-refractivity contribution in [3.05, 3.63) is 66.4 Å². The first-order chi connectivity index (χ1) is 14.1. The molecule has 3 heterocycles. The van der Waals surface area contributed by atoms with E-state index in [0.29, 0.717) is 17.2 Å². The zero-order valence-corrected chi connectivity index (χ0v) is 15.0. The van der Waals surface area contributed by atoms with E-state index in [-0.39, 0.29) is 18.4 Å². The molecular weight excluding hydrogens is 385 g/mol. The van der Waals surface area contributed by atoms with Crippen molar-refractivity contribution in [2.75, 3.05) is 11.9 Å². The van der Waals surface area contributed by atoms with Gasteiger partial charge in [0.15, 0.2) is 6.61 Å². The second kappa shape index (κ2) is 8.13. The summed E-state index contributed by atoms with van der Waals surface area (Å²) in [6, 6.07) is 9.63. The van der Waals surface area contributed by atoms with Crippen LogP contribution in [-0.4, -0.2) is 37.8 Å². The van der Waals surface area contributed by atoms with Crippen molar-refractivity contribution in [2.45, 2.75) is 13.0 Å². The molecule has 10 heteroatoms. The molecule has 0 saturated carbocycles. The predicted molar refractivity (Wildman–Crippen MR) is 99.8 cm³/mol. The quantitative estimate of drug-likeness (QED) is 0.509. The van der Waals surface area contributed by atoms with Gasteiger partial charge in [-0.3, -0.25) is 4.68 Å². The molecule has 0 fully saturated rings. The topological polar surface area (TPSA) is 77.8 Å². The van der Waals surface area contributed by atoms with E-state index < -0.39 is 13.0 Å². The summed E-state index contributed by atoms with van der Waals surface area (Å²) < 4.78 is 45.0. The highest BCUT2D eigenvalue weighted by Gasteiger charge is 2.10. The third kappa shape index (κ3) is 4.42. The normalized spacial score (nSPS) is 11.2. The smallest absolute Gasteiger partial charge is 0.318 e. The van der Waals surface area contributed by atoms with Gasteiger partial charge in [-0.05, 0) is 12.1 Å². The van der Waals surface area contributed by atoms with Gasteiger partial charge in [-0.15, -0.1) is 0 Å². The number of halogens is 3. The maximum atomic E-state index is 14.0. The zero-order valence-electron chi connectivity index (χ0n) is 15.0. The molecule has 0 atom stereocenters. The Kier molecular flexibility index (Phi) is 5.23. The van der Waals surface area contributed by atoms with Gasteiger partial charge in [0.2, 0.25) is 0 Å². The van der Waals surface area contributed by atoms with E-state index in [1.54, 1.807) is 47.4 Å². The molecular formula is C19H15F3N6O. The minimum Gasteiger partial charge on any atom is -0.457 e. The second-order valence-corrected chi connectivity index (χ2v) is 6.07. The highest BCUT2D eigenvalue weighted by Crippen LogP contribution is 2.21. The summed E-state index contributed by atoms with van der Waals surface area (Å²) in [4.78, 5) is 12.1. The van der Waals surface area contributed by atoms with Crippen molar-refractivity contribution >= 4 is 22.5 Å². The van der Waals surface area contributed by atoms with Gasteiger partial charge >= 0.3 is 6.01 Å². The van der Waals surface area contributed by atoms with Crippen LogP contribution in [-0.2, 0) is 6.54 Å². The number of nitrogens with zero attached hydrogens (tertiary/aromatic N) is 5. The molecule has 3 aromatic heterocycles. The lowest BCUT2D eigenvalue weighted by molar-refractivity contribution is 0.0771. The standard InChI is InChI=1S/C19H15F3N6O/c20-14-4-2-1-3-12(14)10-28-15-7-18(24-8-13(15)9-25-28)26-17-5-6-23-19(27-17)29-11-16(21)22/h1-9,16H,10-11H2,(H,23,24,26,27). The molecule has 0 saturated heterocycles. The number of pyridine rings is 1. The van der Waals surface area contributed by atoms with Crippen LogP contribution in [0.5, 0.6) is 6.01 Å². The van der Waals surface area contributed by atoms with Crippen LogP contribution in [0.15, 0.2) is 55.0 Å². The number of benzene rings is 1. The summed E-state index contributed by atoms with van der Waals surface area (Å²) >= 11 is 0. The molecule has 29 heavy (non-hydrogen) atoms. The first-order valence-corrected chi connectivity index (χ1v) is 8.64. The van der Waals surface area contributed by atoms with Crippen molar-refractivity contribution in [1.82, 2.24) is 24.7 Å². The lowest BCUT2D eigenvalue weighted by atomic mass is 10.2. The van der Waals surface area contributed by atoms with Crippen LogP contribution in [0.4, 0.5) is 24.8 Å². The molecule has 7 nitrogen and oxygen atoms in total. The van der Waals surface area contributed by atoms with Gasteiger partial charge < -0.3 is 10.1 Å². The molecule has 0 bridgehead atoms.